The molecule has 0 aromatic heterocycles. The molecule has 0 saturated carbocycles. The Bertz CT molecular complexity index is 528. The SMILES string of the molecule is C[Si](C)(C)CCOCN1C(=O)CCCc2cccc(CCl)c21. The quantitative estimate of drug-likeness (QED) is 0.436. The fourth-order valence-electron chi connectivity index (χ4n) is 2.66. The van der Waals surface area contributed by atoms with Gasteiger partial charge in [-0.15, -0.1) is 11.6 Å². The predicted octanol–water partition coefficient (Wildman–Crippen LogP) is 4.41. The van der Waals surface area contributed by atoms with Crippen LogP contribution < -0.4 is 4.90 Å². The molecule has 0 spiro atoms. The van der Waals surface area contributed by atoms with E-state index in [2.05, 4.69) is 25.7 Å². The van der Waals surface area contributed by atoms with Gasteiger partial charge in [-0.25, -0.2) is 0 Å². The van der Waals surface area contributed by atoms with Gasteiger partial charge in [-0.05, 0) is 30.0 Å². The summed E-state index contributed by atoms with van der Waals surface area (Å²) in [5.41, 5.74) is 3.20. The number of aryl methyl sites for hydroxylation is 1. The van der Waals surface area contributed by atoms with Gasteiger partial charge >= 0.3 is 0 Å². The standard InChI is InChI=1S/C17H26ClNO2Si/c1-22(2,3)11-10-21-13-19-16(20)9-5-7-14-6-4-8-15(12-18)17(14)19/h4,6,8H,5,7,9-13H2,1-3H3. The lowest BCUT2D eigenvalue weighted by Crippen LogP contribution is -2.34. The minimum absolute atomic E-state index is 0.143. The summed E-state index contributed by atoms with van der Waals surface area (Å²) in [5.74, 6) is 0.561. The van der Waals surface area contributed by atoms with E-state index in [0.29, 0.717) is 19.0 Å². The maximum absolute atomic E-state index is 12.4. The zero-order chi connectivity index (χ0) is 16.2. The van der Waals surface area contributed by atoms with Gasteiger partial charge in [-0.3, -0.25) is 9.69 Å². The molecule has 0 fully saturated rings. The van der Waals surface area contributed by atoms with Crippen LogP contribution in [0.25, 0.3) is 0 Å². The number of nitrogens with zero attached hydrogens (tertiary/aromatic N) is 1. The van der Waals surface area contributed by atoms with Gasteiger partial charge in [0.25, 0.3) is 0 Å². The Labute approximate surface area is 139 Å². The first-order valence-corrected chi connectivity index (χ1v) is 12.2. The van der Waals surface area contributed by atoms with E-state index in [9.17, 15) is 4.79 Å². The van der Waals surface area contributed by atoms with Gasteiger partial charge in [0.15, 0.2) is 0 Å². The Hall–Kier alpha value is -0.843. The lowest BCUT2D eigenvalue weighted by Gasteiger charge is -2.26. The molecule has 2 rings (SSSR count). The van der Waals surface area contributed by atoms with Gasteiger partial charge in [0.1, 0.15) is 6.73 Å². The summed E-state index contributed by atoms with van der Waals surface area (Å²) in [6, 6.07) is 7.23. The molecule has 1 aromatic rings. The van der Waals surface area contributed by atoms with Crippen LogP contribution in [0.15, 0.2) is 18.2 Å². The van der Waals surface area contributed by atoms with Crippen molar-refractivity contribution in [2.45, 2.75) is 50.8 Å². The van der Waals surface area contributed by atoms with E-state index in [1.54, 1.807) is 4.90 Å². The largest absolute Gasteiger partial charge is 0.361 e. The number of alkyl halides is 1. The second kappa shape index (κ2) is 7.62. The third-order valence-electron chi connectivity index (χ3n) is 3.97. The van der Waals surface area contributed by atoms with Crippen molar-refractivity contribution < 1.29 is 9.53 Å². The van der Waals surface area contributed by atoms with E-state index >= 15 is 0 Å². The van der Waals surface area contributed by atoms with Crippen LogP contribution >= 0.6 is 11.6 Å². The second-order valence-corrected chi connectivity index (χ2v) is 13.0. The first kappa shape index (κ1) is 17.5. The monoisotopic (exact) mass is 339 g/mol. The van der Waals surface area contributed by atoms with E-state index < -0.39 is 8.07 Å². The number of benzene rings is 1. The van der Waals surface area contributed by atoms with Crippen LogP contribution in [-0.4, -0.2) is 27.3 Å². The van der Waals surface area contributed by atoms with E-state index in [1.807, 2.05) is 12.1 Å². The van der Waals surface area contributed by atoms with Crippen molar-refractivity contribution >= 4 is 31.3 Å². The molecule has 0 unspecified atom stereocenters. The van der Waals surface area contributed by atoms with Crippen LogP contribution in [0.1, 0.15) is 24.0 Å². The second-order valence-electron chi connectivity index (χ2n) is 7.08. The molecule has 0 atom stereocenters. The minimum atomic E-state index is -1.11. The Morgan fingerprint density at radius 2 is 2.05 bits per heavy atom. The van der Waals surface area contributed by atoms with Gasteiger partial charge in [-0.2, -0.15) is 0 Å². The van der Waals surface area contributed by atoms with Gasteiger partial charge in [0.2, 0.25) is 5.91 Å². The fourth-order valence-corrected chi connectivity index (χ4v) is 3.63. The molecule has 0 bridgehead atoms. The van der Waals surface area contributed by atoms with E-state index in [4.69, 9.17) is 16.3 Å². The molecule has 1 aliphatic rings. The summed E-state index contributed by atoms with van der Waals surface area (Å²) in [7, 11) is -1.11. The van der Waals surface area contributed by atoms with Crippen molar-refractivity contribution in [2.24, 2.45) is 0 Å². The van der Waals surface area contributed by atoms with Crippen LogP contribution in [0.2, 0.25) is 25.7 Å². The third-order valence-corrected chi connectivity index (χ3v) is 5.96. The maximum Gasteiger partial charge on any atom is 0.228 e. The number of halogens is 1. The molecule has 0 N–H and O–H groups in total. The molecule has 1 amide bonds. The Morgan fingerprint density at radius 3 is 2.73 bits per heavy atom. The Kier molecular flexibility index (Phi) is 6.06. The minimum Gasteiger partial charge on any atom is -0.361 e. The van der Waals surface area contributed by atoms with Crippen molar-refractivity contribution in [3.05, 3.63) is 29.3 Å². The Morgan fingerprint density at radius 1 is 1.27 bits per heavy atom. The average Bonchev–Trinajstić information content (AvgIpc) is 2.61. The highest BCUT2D eigenvalue weighted by molar-refractivity contribution is 6.76. The molecule has 5 heteroatoms. The number of amides is 1. The molecular weight excluding hydrogens is 314 g/mol. The Balaban J connectivity index is 2.14. The van der Waals surface area contributed by atoms with E-state index in [-0.39, 0.29) is 5.91 Å². The van der Waals surface area contributed by atoms with Crippen molar-refractivity contribution in [3.63, 3.8) is 0 Å². The number of hydrogen-bond acceptors (Lipinski definition) is 2. The number of rotatable bonds is 6. The van der Waals surface area contributed by atoms with E-state index in [1.165, 1.54) is 5.56 Å². The number of ether oxygens (including phenoxy) is 1. The van der Waals surface area contributed by atoms with Crippen LogP contribution in [0.4, 0.5) is 5.69 Å². The molecular formula is C17H26ClNO2Si. The number of carbonyl (C=O) groups excluding carboxylic acids is 1. The predicted molar refractivity (Wildman–Crippen MR) is 95.4 cm³/mol. The molecule has 0 aliphatic carbocycles. The van der Waals surface area contributed by atoms with Crippen molar-refractivity contribution in [1.29, 1.82) is 0 Å². The smallest absolute Gasteiger partial charge is 0.228 e. The summed E-state index contributed by atoms with van der Waals surface area (Å²) in [6.45, 7) is 8.04. The van der Waals surface area contributed by atoms with Gasteiger partial charge in [-0.1, -0.05) is 37.8 Å². The van der Waals surface area contributed by atoms with Crippen molar-refractivity contribution in [3.8, 4) is 0 Å². The topological polar surface area (TPSA) is 29.5 Å². The number of anilines is 1. The summed E-state index contributed by atoms with van der Waals surface area (Å²) in [5, 5.41) is 0. The molecule has 1 aliphatic heterocycles. The number of carbonyl (C=O) groups is 1. The third kappa shape index (κ3) is 4.57. The van der Waals surface area contributed by atoms with Crippen LogP contribution in [0.5, 0.6) is 0 Å². The molecule has 0 saturated heterocycles. The molecule has 22 heavy (non-hydrogen) atoms. The number of fused-ring (bicyclic) bond motifs is 1. The molecule has 122 valence electrons. The van der Waals surface area contributed by atoms with Gasteiger partial charge in [0, 0.05) is 27.0 Å². The zero-order valence-corrected chi connectivity index (χ0v) is 15.6. The summed E-state index contributed by atoms with van der Waals surface area (Å²) in [4.78, 5) is 14.2. The molecule has 0 radical (unpaired) electrons. The molecule has 1 aromatic carbocycles. The lowest BCUT2D eigenvalue weighted by atomic mass is 10.0. The fraction of sp³-hybridized carbons (Fsp3) is 0.588. The lowest BCUT2D eigenvalue weighted by molar-refractivity contribution is -0.119. The zero-order valence-electron chi connectivity index (χ0n) is 13.8. The summed E-state index contributed by atoms with van der Waals surface area (Å²) >= 11 is 6.08. The highest BCUT2D eigenvalue weighted by Crippen LogP contribution is 2.31. The maximum atomic E-state index is 12.4. The molecule has 1 heterocycles. The first-order chi connectivity index (χ1) is 10.4. The van der Waals surface area contributed by atoms with Gasteiger partial charge < -0.3 is 4.74 Å². The average molecular weight is 340 g/mol. The first-order valence-electron chi connectivity index (χ1n) is 7.97. The highest BCUT2D eigenvalue weighted by atomic mass is 35.5. The van der Waals surface area contributed by atoms with Crippen molar-refractivity contribution in [1.82, 2.24) is 0 Å². The number of para-hydroxylation sites is 1. The summed E-state index contributed by atoms with van der Waals surface area (Å²) < 4.78 is 5.83. The van der Waals surface area contributed by atoms with Crippen molar-refractivity contribution in [2.75, 3.05) is 18.2 Å². The highest BCUT2D eigenvalue weighted by Gasteiger charge is 2.24. The van der Waals surface area contributed by atoms with Crippen LogP contribution in [0, 0.1) is 0 Å². The normalized spacial score (nSPS) is 15.6. The van der Waals surface area contributed by atoms with Crippen LogP contribution in [0.3, 0.4) is 0 Å². The van der Waals surface area contributed by atoms with Gasteiger partial charge in [0.05, 0.1) is 5.69 Å². The van der Waals surface area contributed by atoms with Crippen LogP contribution in [-0.2, 0) is 21.8 Å². The van der Waals surface area contributed by atoms with E-state index in [0.717, 1.165) is 36.7 Å². The molecule has 3 nitrogen and oxygen atoms in total. The number of hydrogen-bond donors (Lipinski definition) is 0. The summed E-state index contributed by atoms with van der Waals surface area (Å²) in [6.07, 6.45) is 2.40.